The topological polar surface area (TPSA) is 43.9 Å². The quantitative estimate of drug-likeness (QED) is 0.841. The Morgan fingerprint density at radius 2 is 1.92 bits per heavy atom. The molecule has 5 heteroatoms. The zero-order valence-corrected chi connectivity index (χ0v) is 15.7. The molecule has 1 saturated heterocycles. The molecule has 3 rings (SSSR count). The lowest BCUT2D eigenvalue weighted by Gasteiger charge is -2.31. The van der Waals surface area contributed by atoms with Crippen LogP contribution in [0.15, 0.2) is 24.3 Å². The fourth-order valence-corrected chi connectivity index (χ4v) is 4.34. The maximum atomic E-state index is 12.9. The zero-order valence-electron chi connectivity index (χ0n) is 15.7. The van der Waals surface area contributed by atoms with Gasteiger partial charge in [0.1, 0.15) is 0 Å². The number of likely N-dealkylation sites (tertiary alicyclic amines) is 1. The van der Waals surface area contributed by atoms with Gasteiger partial charge in [0.25, 0.3) is 5.91 Å². The first-order valence-electron chi connectivity index (χ1n) is 9.10. The van der Waals surface area contributed by atoms with Crippen LogP contribution < -0.4 is 0 Å². The zero-order chi connectivity index (χ0) is 18.1. The number of hydrogen-bond donors (Lipinski definition) is 0. The van der Waals surface area contributed by atoms with Crippen molar-refractivity contribution in [1.82, 2.24) is 14.7 Å². The van der Waals surface area contributed by atoms with E-state index in [1.54, 1.807) is 0 Å². The summed E-state index contributed by atoms with van der Waals surface area (Å²) in [4.78, 5) is 30.7. The average molecular weight is 343 g/mol. The molecule has 1 saturated carbocycles. The normalized spacial score (nSPS) is 26.0. The van der Waals surface area contributed by atoms with Crippen LogP contribution in [0.2, 0.25) is 0 Å². The van der Waals surface area contributed by atoms with Crippen LogP contribution in [-0.2, 0) is 11.3 Å². The first-order chi connectivity index (χ1) is 11.8. The number of carbonyl (C=O) groups is 2. The Labute approximate surface area is 150 Å². The summed E-state index contributed by atoms with van der Waals surface area (Å²) in [5, 5.41) is 0. The fourth-order valence-electron chi connectivity index (χ4n) is 4.34. The molecule has 0 bridgehead atoms. The molecular formula is C20H29N3O2. The molecule has 0 unspecified atom stereocenters. The van der Waals surface area contributed by atoms with Gasteiger partial charge in [-0.25, -0.2) is 0 Å². The first kappa shape index (κ1) is 17.9. The Hall–Kier alpha value is -1.88. The van der Waals surface area contributed by atoms with Gasteiger partial charge in [0.05, 0.1) is 0 Å². The molecular weight excluding hydrogens is 314 g/mol. The van der Waals surface area contributed by atoms with E-state index in [9.17, 15) is 9.59 Å². The van der Waals surface area contributed by atoms with Crippen molar-refractivity contribution in [3.63, 3.8) is 0 Å². The van der Waals surface area contributed by atoms with Gasteiger partial charge in [-0.05, 0) is 56.5 Å². The number of amides is 2. The van der Waals surface area contributed by atoms with E-state index in [4.69, 9.17) is 0 Å². The van der Waals surface area contributed by atoms with Crippen LogP contribution in [0.4, 0.5) is 0 Å². The lowest BCUT2D eigenvalue weighted by molar-refractivity contribution is -0.134. The van der Waals surface area contributed by atoms with E-state index in [2.05, 4.69) is 11.0 Å². The van der Waals surface area contributed by atoms with Crippen molar-refractivity contribution >= 4 is 11.8 Å². The van der Waals surface area contributed by atoms with Crippen molar-refractivity contribution in [3.8, 4) is 0 Å². The predicted molar refractivity (Wildman–Crippen MR) is 98.2 cm³/mol. The molecule has 2 amide bonds. The Bertz CT molecular complexity index is 658. The van der Waals surface area contributed by atoms with Gasteiger partial charge < -0.3 is 14.7 Å². The summed E-state index contributed by atoms with van der Waals surface area (Å²) in [7, 11) is 7.85. The second-order valence-corrected chi connectivity index (χ2v) is 7.98. The Morgan fingerprint density at radius 1 is 1.20 bits per heavy atom. The van der Waals surface area contributed by atoms with E-state index < -0.39 is 0 Å². The molecule has 2 fully saturated rings. The van der Waals surface area contributed by atoms with Crippen LogP contribution in [0.3, 0.4) is 0 Å². The van der Waals surface area contributed by atoms with Gasteiger partial charge in [-0.3, -0.25) is 9.59 Å². The largest absolute Gasteiger partial charge is 0.345 e. The third kappa shape index (κ3) is 3.87. The fraction of sp³-hybridized carbons (Fsp3) is 0.600. The molecule has 25 heavy (non-hydrogen) atoms. The van der Waals surface area contributed by atoms with Crippen molar-refractivity contribution < 1.29 is 9.59 Å². The predicted octanol–water partition coefficient (Wildman–Crippen LogP) is 2.08. The molecule has 2 aliphatic rings. The summed E-state index contributed by atoms with van der Waals surface area (Å²) >= 11 is 0. The summed E-state index contributed by atoms with van der Waals surface area (Å²) in [6.45, 7) is 1.66. The standard InChI is InChI=1S/C20H29N3O2/c1-21(2)12-14-6-5-7-15(8-14)20(25)23(4)18-9-16-11-19(24)22(3)13-17(16)10-18/h5-8,16-18H,9-13H2,1-4H3/t16-,17+,18-/m1/s1. The van der Waals surface area contributed by atoms with Gasteiger partial charge >= 0.3 is 0 Å². The number of rotatable bonds is 4. The molecule has 1 aliphatic carbocycles. The summed E-state index contributed by atoms with van der Waals surface area (Å²) in [6, 6.07) is 8.15. The van der Waals surface area contributed by atoms with Crippen LogP contribution in [0.25, 0.3) is 0 Å². The van der Waals surface area contributed by atoms with E-state index in [0.717, 1.165) is 37.1 Å². The SMILES string of the molecule is CN(C)Cc1cccc(C(=O)N(C)[C@@H]2C[C@@H]3CC(=O)N(C)C[C@@H]3C2)c1. The van der Waals surface area contributed by atoms with E-state index in [-0.39, 0.29) is 17.9 Å². The maximum Gasteiger partial charge on any atom is 0.253 e. The second-order valence-electron chi connectivity index (χ2n) is 7.98. The van der Waals surface area contributed by atoms with Crippen molar-refractivity contribution in [2.75, 3.05) is 34.7 Å². The Kier molecular flexibility index (Phi) is 5.13. The highest BCUT2D eigenvalue weighted by Gasteiger charge is 2.42. The van der Waals surface area contributed by atoms with E-state index >= 15 is 0 Å². The van der Waals surface area contributed by atoms with E-state index in [0.29, 0.717) is 18.3 Å². The molecule has 0 spiro atoms. The Morgan fingerprint density at radius 3 is 2.64 bits per heavy atom. The molecule has 1 aliphatic heterocycles. The number of carbonyl (C=O) groups excluding carboxylic acids is 2. The summed E-state index contributed by atoms with van der Waals surface area (Å²) in [5.41, 5.74) is 1.90. The highest BCUT2D eigenvalue weighted by molar-refractivity contribution is 5.94. The average Bonchev–Trinajstić information content (AvgIpc) is 2.96. The van der Waals surface area contributed by atoms with E-state index in [1.807, 2.05) is 56.2 Å². The first-order valence-corrected chi connectivity index (χ1v) is 9.10. The number of piperidine rings is 1. The van der Waals surface area contributed by atoms with Crippen molar-refractivity contribution in [2.45, 2.75) is 31.8 Å². The molecule has 0 N–H and O–H groups in total. The molecule has 136 valence electrons. The van der Waals surface area contributed by atoms with Gasteiger partial charge in [0, 0.05) is 45.2 Å². The highest BCUT2D eigenvalue weighted by atomic mass is 16.2. The number of fused-ring (bicyclic) bond motifs is 1. The number of benzene rings is 1. The second kappa shape index (κ2) is 7.16. The third-order valence-corrected chi connectivity index (χ3v) is 5.73. The van der Waals surface area contributed by atoms with Crippen LogP contribution in [0.1, 0.15) is 35.2 Å². The minimum Gasteiger partial charge on any atom is -0.345 e. The van der Waals surface area contributed by atoms with Gasteiger partial charge in [-0.2, -0.15) is 0 Å². The molecule has 1 aromatic carbocycles. The van der Waals surface area contributed by atoms with Gasteiger partial charge in [-0.1, -0.05) is 12.1 Å². The summed E-state index contributed by atoms with van der Waals surface area (Å²) in [6.07, 6.45) is 2.59. The number of hydrogen-bond acceptors (Lipinski definition) is 3. The van der Waals surface area contributed by atoms with Crippen LogP contribution >= 0.6 is 0 Å². The summed E-state index contributed by atoms with van der Waals surface area (Å²) < 4.78 is 0. The smallest absolute Gasteiger partial charge is 0.253 e. The van der Waals surface area contributed by atoms with Crippen LogP contribution in [-0.4, -0.2) is 67.3 Å². The molecule has 3 atom stereocenters. The van der Waals surface area contributed by atoms with Gasteiger partial charge in [0.15, 0.2) is 0 Å². The van der Waals surface area contributed by atoms with Crippen molar-refractivity contribution in [3.05, 3.63) is 35.4 Å². The lowest BCUT2D eigenvalue weighted by atomic mass is 9.88. The lowest BCUT2D eigenvalue weighted by Crippen LogP contribution is -2.39. The minimum atomic E-state index is 0.0870. The summed E-state index contributed by atoms with van der Waals surface area (Å²) in [5.74, 6) is 1.29. The van der Waals surface area contributed by atoms with Gasteiger partial charge in [-0.15, -0.1) is 0 Å². The molecule has 1 aromatic rings. The molecule has 1 heterocycles. The highest BCUT2D eigenvalue weighted by Crippen LogP contribution is 2.40. The molecule has 5 nitrogen and oxygen atoms in total. The van der Waals surface area contributed by atoms with E-state index in [1.165, 1.54) is 0 Å². The Balaban J connectivity index is 1.68. The minimum absolute atomic E-state index is 0.0870. The van der Waals surface area contributed by atoms with Gasteiger partial charge in [0.2, 0.25) is 5.91 Å². The maximum absolute atomic E-state index is 12.9. The van der Waals surface area contributed by atoms with Crippen LogP contribution in [0.5, 0.6) is 0 Å². The van der Waals surface area contributed by atoms with Crippen molar-refractivity contribution in [1.29, 1.82) is 0 Å². The number of nitrogens with zero attached hydrogens (tertiary/aromatic N) is 3. The third-order valence-electron chi connectivity index (χ3n) is 5.73. The monoisotopic (exact) mass is 343 g/mol. The molecule has 0 aromatic heterocycles. The molecule has 0 radical (unpaired) electrons. The van der Waals surface area contributed by atoms with Crippen molar-refractivity contribution in [2.24, 2.45) is 11.8 Å². The van der Waals surface area contributed by atoms with Crippen LogP contribution in [0, 0.1) is 11.8 Å².